The van der Waals surface area contributed by atoms with Crippen molar-refractivity contribution in [2.75, 3.05) is 26.1 Å². The Hall–Kier alpha value is -2.78. The van der Waals surface area contributed by atoms with Crippen LogP contribution >= 0.6 is 23.1 Å². The summed E-state index contributed by atoms with van der Waals surface area (Å²) in [5.74, 6) is 1.47. The van der Waals surface area contributed by atoms with Gasteiger partial charge in [-0.1, -0.05) is 29.0 Å². The Morgan fingerprint density at radius 3 is 2.56 bits per heavy atom. The summed E-state index contributed by atoms with van der Waals surface area (Å²) in [5.41, 5.74) is 2.06. The summed E-state index contributed by atoms with van der Waals surface area (Å²) >= 11 is 3.03. The van der Waals surface area contributed by atoms with E-state index in [0.717, 1.165) is 15.1 Å². The van der Waals surface area contributed by atoms with Gasteiger partial charge in [-0.2, -0.15) is 4.99 Å². The zero-order valence-electron chi connectivity index (χ0n) is 18.0. The first-order valence-electron chi connectivity index (χ1n) is 10.3. The standard InChI is InChI=1S/C23H24N2O5S2/c1-15-3-5-16(6-4-15)31-12-8-21(26)24-23-25(9-7-22(27)28-2)17-13-18-19(14-20(17)32-23)30-11-10-29-18/h3-6,13-14H,7-12H2,1-2H3. The molecule has 0 aliphatic carbocycles. The lowest BCUT2D eigenvalue weighted by atomic mass is 10.2. The molecule has 0 fully saturated rings. The molecule has 0 spiro atoms. The topological polar surface area (TPSA) is 79.1 Å². The molecular formula is C23H24N2O5S2. The van der Waals surface area contributed by atoms with Gasteiger partial charge >= 0.3 is 5.97 Å². The Bertz CT molecular complexity index is 1200. The van der Waals surface area contributed by atoms with Crippen LogP contribution in [0.5, 0.6) is 11.5 Å². The monoisotopic (exact) mass is 472 g/mol. The van der Waals surface area contributed by atoms with Crippen LogP contribution in [0.1, 0.15) is 18.4 Å². The Morgan fingerprint density at radius 1 is 1.12 bits per heavy atom. The molecule has 168 valence electrons. The number of ether oxygens (including phenoxy) is 3. The first-order valence-corrected chi connectivity index (χ1v) is 12.1. The molecule has 0 saturated carbocycles. The van der Waals surface area contributed by atoms with Crippen LogP contribution in [0.3, 0.4) is 0 Å². The zero-order valence-corrected chi connectivity index (χ0v) is 19.6. The highest BCUT2D eigenvalue weighted by molar-refractivity contribution is 7.99. The first-order chi connectivity index (χ1) is 15.5. The molecule has 3 aromatic rings. The van der Waals surface area contributed by atoms with Crippen LogP contribution in [0.25, 0.3) is 10.2 Å². The summed E-state index contributed by atoms with van der Waals surface area (Å²) in [6.45, 7) is 3.39. The van der Waals surface area contributed by atoms with Crippen LogP contribution < -0.4 is 14.3 Å². The van der Waals surface area contributed by atoms with Gasteiger partial charge in [0.1, 0.15) is 13.2 Å². The minimum absolute atomic E-state index is 0.182. The molecule has 1 aromatic heterocycles. The maximum atomic E-state index is 12.6. The number of aryl methyl sites for hydroxylation is 2. The van der Waals surface area contributed by atoms with E-state index in [1.54, 1.807) is 11.8 Å². The molecule has 0 radical (unpaired) electrons. The summed E-state index contributed by atoms with van der Waals surface area (Å²) in [5, 5.41) is 0. The zero-order chi connectivity index (χ0) is 22.5. The number of hydrogen-bond acceptors (Lipinski definition) is 7. The molecule has 1 aliphatic heterocycles. The largest absolute Gasteiger partial charge is 0.486 e. The number of nitrogens with zero attached hydrogens (tertiary/aromatic N) is 2. The van der Waals surface area contributed by atoms with Crippen LogP contribution in [0.2, 0.25) is 0 Å². The summed E-state index contributed by atoms with van der Waals surface area (Å²) < 4.78 is 19.0. The van der Waals surface area contributed by atoms with Gasteiger partial charge in [-0.15, -0.1) is 11.8 Å². The van der Waals surface area contributed by atoms with Gasteiger partial charge in [-0.05, 0) is 19.1 Å². The number of benzene rings is 2. The van der Waals surface area contributed by atoms with E-state index in [2.05, 4.69) is 29.3 Å². The van der Waals surface area contributed by atoms with Gasteiger partial charge in [0.2, 0.25) is 5.91 Å². The Balaban J connectivity index is 1.57. The molecule has 0 unspecified atom stereocenters. The Morgan fingerprint density at radius 2 is 1.84 bits per heavy atom. The van der Waals surface area contributed by atoms with E-state index >= 15 is 0 Å². The number of amides is 1. The minimum Gasteiger partial charge on any atom is -0.486 e. The van der Waals surface area contributed by atoms with E-state index in [-0.39, 0.29) is 18.3 Å². The third kappa shape index (κ3) is 5.34. The molecule has 2 heterocycles. The average molecular weight is 473 g/mol. The van der Waals surface area contributed by atoms with Crippen molar-refractivity contribution in [2.24, 2.45) is 4.99 Å². The molecule has 32 heavy (non-hydrogen) atoms. The third-order valence-electron chi connectivity index (χ3n) is 4.94. The molecule has 0 saturated heterocycles. The van der Waals surface area contributed by atoms with Crippen molar-refractivity contribution >= 4 is 45.2 Å². The molecule has 4 rings (SSSR count). The molecule has 7 nitrogen and oxygen atoms in total. The van der Waals surface area contributed by atoms with Crippen molar-refractivity contribution in [3.63, 3.8) is 0 Å². The van der Waals surface area contributed by atoms with Crippen LogP contribution in [-0.2, 0) is 20.9 Å². The maximum Gasteiger partial charge on any atom is 0.307 e. The van der Waals surface area contributed by atoms with Gasteiger partial charge in [0, 0.05) is 35.7 Å². The van der Waals surface area contributed by atoms with Crippen molar-refractivity contribution in [2.45, 2.75) is 31.2 Å². The second-order valence-electron chi connectivity index (χ2n) is 7.24. The molecule has 0 N–H and O–H groups in total. The highest BCUT2D eigenvalue weighted by Gasteiger charge is 2.17. The third-order valence-corrected chi connectivity index (χ3v) is 6.99. The number of rotatable bonds is 7. The van der Waals surface area contributed by atoms with Gasteiger partial charge in [0.15, 0.2) is 16.3 Å². The fourth-order valence-corrected chi connectivity index (χ4v) is 5.19. The van der Waals surface area contributed by atoms with E-state index in [1.807, 2.05) is 23.6 Å². The van der Waals surface area contributed by atoms with E-state index in [0.29, 0.717) is 48.2 Å². The fraction of sp³-hybridized carbons (Fsp3) is 0.348. The summed E-state index contributed by atoms with van der Waals surface area (Å²) in [7, 11) is 1.36. The maximum absolute atomic E-state index is 12.6. The van der Waals surface area contributed by atoms with Crippen molar-refractivity contribution < 1.29 is 23.8 Å². The molecular weight excluding hydrogens is 448 g/mol. The number of carbonyl (C=O) groups is 2. The fourth-order valence-electron chi connectivity index (χ4n) is 3.27. The SMILES string of the molecule is COC(=O)CCn1c(=NC(=O)CCSc2ccc(C)cc2)sc2cc3c(cc21)OCCO3. The van der Waals surface area contributed by atoms with Gasteiger partial charge in [-0.25, -0.2) is 0 Å². The van der Waals surface area contributed by atoms with E-state index in [4.69, 9.17) is 14.2 Å². The van der Waals surface area contributed by atoms with Gasteiger partial charge in [0.25, 0.3) is 0 Å². The summed E-state index contributed by atoms with van der Waals surface area (Å²) in [6, 6.07) is 12.0. The van der Waals surface area contributed by atoms with E-state index in [9.17, 15) is 9.59 Å². The number of methoxy groups -OCH3 is 1. The number of carbonyl (C=O) groups excluding carboxylic acids is 2. The average Bonchev–Trinajstić information content (AvgIpc) is 3.12. The molecule has 2 aromatic carbocycles. The number of thioether (sulfide) groups is 1. The second kappa shape index (κ2) is 10.2. The molecule has 0 bridgehead atoms. The Kier molecular flexibility index (Phi) is 7.16. The normalized spacial score (nSPS) is 13.4. The van der Waals surface area contributed by atoms with Crippen LogP contribution in [0, 0.1) is 6.92 Å². The van der Waals surface area contributed by atoms with Crippen molar-refractivity contribution in [1.29, 1.82) is 0 Å². The van der Waals surface area contributed by atoms with Crippen LogP contribution in [-0.4, -0.2) is 42.5 Å². The van der Waals surface area contributed by atoms with Crippen LogP contribution in [0.4, 0.5) is 0 Å². The van der Waals surface area contributed by atoms with Crippen molar-refractivity contribution in [3.05, 3.63) is 46.8 Å². The van der Waals surface area contributed by atoms with Gasteiger partial charge in [-0.3, -0.25) is 9.59 Å². The molecule has 1 aliphatic rings. The van der Waals surface area contributed by atoms with Crippen LogP contribution in [0.15, 0.2) is 46.3 Å². The molecule has 9 heteroatoms. The number of esters is 1. The minimum atomic E-state index is -0.318. The first kappa shape index (κ1) is 22.4. The number of aromatic nitrogens is 1. The number of thiazole rings is 1. The smallest absolute Gasteiger partial charge is 0.307 e. The Labute approximate surface area is 194 Å². The molecule has 1 amide bonds. The van der Waals surface area contributed by atoms with E-state index in [1.165, 1.54) is 24.0 Å². The lowest BCUT2D eigenvalue weighted by molar-refractivity contribution is -0.140. The highest BCUT2D eigenvalue weighted by Crippen LogP contribution is 2.35. The predicted octanol–water partition coefficient (Wildman–Crippen LogP) is 3.96. The molecule has 0 atom stereocenters. The summed E-state index contributed by atoms with van der Waals surface area (Å²) in [4.78, 5) is 30.4. The van der Waals surface area contributed by atoms with Crippen molar-refractivity contribution in [3.8, 4) is 11.5 Å². The number of fused-ring (bicyclic) bond motifs is 2. The number of hydrogen-bond donors (Lipinski definition) is 0. The summed E-state index contributed by atoms with van der Waals surface area (Å²) in [6.07, 6.45) is 0.508. The lowest BCUT2D eigenvalue weighted by Gasteiger charge is -2.18. The van der Waals surface area contributed by atoms with Crippen molar-refractivity contribution in [1.82, 2.24) is 4.57 Å². The van der Waals surface area contributed by atoms with Gasteiger partial charge in [0.05, 0.1) is 23.7 Å². The van der Waals surface area contributed by atoms with E-state index < -0.39 is 0 Å². The quantitative estimate of drug-likeness (QED) is 0.383. The second-order valence-corrected chi connectivity index (χ2v) is 9.42. The van der Waals surface area contributed by atoms with Gasteiger partial charge < -0.3 is 18.8 Å². The lowest BCUT2D eigenvalue weighted by Crippen LogP contribution is -2.19. The highest BCUT2D eigenvalue weighted by atomic mass is 32.2. The predicted molar refractivity (Wildman–Crippen MR) is 125 cm³/mol.